The molecule has 0 bridgehead atoms. The maximum absolute atomic E-state index is 12.2. The van der Waals surface area contributed by atoms with E-state index in [2.05, 4.69) is 0 Å². The highest BCUT2D eigenvalue weighted by molar-refractivity contribution is 5.95. The molecule has 2 aromatic carbocycles. The van der Waals surface area contributed by atoms with Crippen LogP contribution >= 0.6 is 0 Å². The van der Waals surface area contributed by atoms with Crippen molar-refractivity contribution in [3.05, 3.63) is 70.8 Å². The van der Waals surface area contributed by atoms with E-state index < -0.39 is 36.1 Å². The van der Waals surface area contributed by atoms with Gasteiger partial charge in [0, 0.05) is 0 Å². The second-order valence-electron chi connectivity index (χ2n) is 6.06. The molecule has 0 heterocycles. The van der Waals surface area contributed by atoms with Crippen molar-refractivity contribution in [1.29, 1.82) is 0 Å². The monoisotopic (exact) mass is 386 g/mol. The largest absolute Gasteiger partial charge is 0.478 e. The fourth-order valence-corrected chi connectivity index (χ4v) is 2.23. The second-order valence-corrected chi connectivity index (χ2v) is 6.06. The van der Waals surface area contributed by atoms with Gasteiger partial charge in [0.25, 0.3) is 0 Å². The Balaban J connectivity index is 2.21. The Bertz CT molecular complexity index is 808. The first-order valence-electron chi connectivity index (χ1n) is 8.20. The summed E-state index contributed by atoms with van der Waals surface area (Å²) in [6, 6.07) is 12.1. The Morgan fingerprint density at radius 3 is 1.18 bits per heavy atom. The van der Waals surface area contributed by atoms with E-state index in [1.165, 1.54) is 24.3 Å². The third-order valence-electron chi connectivity index (χ3n) is 3.80. The Labute approximate surface area is 160 Å². The zero-order valence-corrected chi connectivity index (χ0v) is 15.1. The number of aryl methyl sites for hydroxylation is 2. The Morgan fingerprint density at radius 2 is 0.929 bits per heavy atom. The zero-order valence-electron chi connectivity index (χ0n) is 15.1. The zero-order chi connectivity index (χ0) is 20.8. The highest BCUT2D eigenvalue weighted by Crippen LogP contribution is 2.14. The molecule has 0 saturated heterocycles. The first-order valence-corrected chi connectivity index (χ1v) is 8.20. The lowest BCUT2D eigenvalue weighted by atomic mass is 10.1. The summed E-state index contributed by atoms with van der Waals surface area (Å²) < 4.78 is 9.64. The molecule has 146 valence electrons. The van der Waals surface area contributed by atoms with E-state index >= 15 is 0 Å². The number of hydrogen-bond acceptors (Lipinski definition) is 6. The minimum atomic E-state index is -2.22. The van der Waals surface area contributed by atoms with Gasteiger partial charge in [-0.2, -0.15) is 0 Å². The fraction of sp³-hybridized carbons (Fsp3) is 0.200. The normalized spacial score (nSPS) is 12.5. The lowest BCUT2D eigenvalue weighted by molar-refractivity contribution is -0.166. The highest BCUT2D eigenvalue weighted by Gasteiger charge is 2.41. The molecule has 0 spiro atoms. The van der Waals surface area contributed by atoms with Crippen LogP contribution in [0.15, 0.2) is 48.5 Å². The predicted molar refractivity (Wildman–Crippen MR) is 96.0 cm³/mol. The van der Waals surface area contributed by atoms with Crippen molar-refractivity contribution < 1.29 is 38.9 Å². The molecule has 2 atom stereocenters. The number of benzene rings is 2. The third-order valence-corrected chi connectivity index (χ3v) is 3.80. The Hall–Kier alpha value is -3.68. The summed E-state index contributed by atoms with van der Waals surface area (Å²) in [7, 11) is 0. The van der Waals surface area contributed by atoms with Crippen molar-refractivity contribution in [2.75, 3.05) is 0 Å². The van der Waals surface area contributed by atoms with Gasteiger partial charge in [0.2, 0.25) is 12.2 Å². The van der Waals surface area contributed by atoms with Crippen LogP contribution < -0.4 is 0 Å². The number of esters is 2. The molecular weight excluding hydrogens is 368 g/mol. The summed E-state index contributed by atoms with van der Waals surface area (Å²) in [6.07, 6.45) is -4.44. The molecule has 0 aliphatic carbocycles. The van der Waals surface area contributed by atoms with Crippen molar-refractivity contribution >= 4 is 23.9 Å². The van der Waals surface area contributed by atoms with E-state index in [-0.39, 0.29) is 11.1 Å². The minimum Gasteiger partial charge on any atom is -0.478 e. The molecule has 8 nitrogen and oxygen atoms in total. The molecule has 0 radical (unpaired) electrons. The molecule has 2 aromatic rings. The summed E-state index contributed by atoms with van der Waals surface area (Å²) in [4.78, 5) is 47.3. The number of ether oxygens (including phenoxy) is 2. The van der Waals surface area contributed by atoms with Gasteiger partial charge >= 0.3 is 23.9 Å². The van der Waals surface area contributed by atoms with Gasteiger partial charge in [0.05, 0.1) is 11.1 Å². The number of carbonyl (C=O) groups is 4. The molecule has 8 heteroatoms. The van der Waals surface area contributed by atoms with Gasteiger partial charge in [-0.05, 0) is 38.1 Å². The molecular formula is C20H18O8. The standard InChI is InChI=1S/C20H18O8/c1-11-3-7-13(8-4-11)19(25)27-15(17(21)22)16(18(23)24)28-20(26)14-9-5-12(2)6-10-14/h3-10,15-16H,1-2H3,(H,21,22)(H,23,24)/t15-,16?/m0/s1. The van der Waals surface area contributed by atoms with Crippen LogP contribution in [0, 0.1) is 13.8 Å². The number of carboxylic acids is 2. The van der Waals surface area contributed by atoms with E-state index in [4.69, 9.17) is 9.47 Å². The lowest BCUT2D eigenvalue weighted by Gasteiger charge is -2.21. The number of rotatable bonds is 7. The van der Waals surface area contributed by atoms with E-state index in [1.54, 1.807) is 38.1 Å². The summed E-state index contributed by atoms with van der Waals surface area (Å²) in [6.45, 7) is 3.58. The number of aliphatic carboxylic acids is 2. The van der Waals surface area contributed by atoms with Crippen LogP contribution in [0.3, 0.4) is 0 Å². The second kappa shape index (κ2) is 8.81. The van der Waals surface area contributed by atoms with Gasteiger partial charge in [-0.3, -0.25) is 0 Å². The molecule has 0 aromatic heterocycles. The van der Waals surface area contributed by atoms with Gasteiger partial charge in [-0.1, -0.05) is 35.4 Å². The number of carboxylic acid groups (broad SMARTS) is 2. The van der Waals surface area contributed by atoms with Gasteiger partial charge in [-0.25, -0.2) is 19.2 Å². The lowest BCUT2D eigenvalue weighted by Crippen LogP contribution is -2.45. The molecule has 0 saturated carbocycles. The molecule has 0 amide bonds. The molecule has 2 N–H and O–H groups in total. The van der Waals surface area contributed by atoms with Gasteiger partial charge in [-0.15, -0.1) is 0 Å². The van der Waals surface area contributed by atoms with Crippen molar-refractivity contribution in [2.45, 2.75) is 26.1 Å². The Morgan fingerprint density at radius 1 is 0.643 bits per heavy atom. The van der Waals surface area contributed by atoms with Gasteiger partial charge < -0.3 is 19.7 Å². The SMILES string of the molecule is Cc1ccc(C(=O)OC(C(=O)O)[C@H](OC(=O)c2ccc(C)cc2)C(=O)O)cc1. The number of carbonyl (C=O) groups excluding carboxylic acids is 2. The molecule has 28 heavy (non-hydrogen) atoms. The first-order chi connectivity index (χ1) is 13.2. The molecule has 2 rings (SSSR count). The van der Waals surface area contributed by atoms with Crippen LogP contribution in [0.4, 0.5) is 0 Å². The molecule has 0 aliphatic heterocycles. The predicted octanol–water partition coefficient (Wildman–Crippen LogP) is 2.22. The number of hydrogen-bond donors (Lipinski definition) is 2. The van der Waals surface area contributed by atoms with Crippen molar-refractivity contribution in [3.63, 3.8) is 0 Å². The minimum absolute atomic E-state index is 0.0332. The van der Waals surface area contributed by atoms with Crippen LogP contribution in [-0.2, 0) is 19.1 Å². The average Bonchev–Trinajstić information content (AvgIpc) is 2.64. The quantitative estimate of drug-likeness (QED) is 0.694. The maximum atomic E-state index is 12.2. The highest BCUT2D eigenvalue weighted by atomic mass is 16.6. The topological polar surface area (TPSA) is 127 Å². The van der Waals surface area contributed by atoms with Crippen molar-refractivity contribution in [1.82, 2.24) is 0 Å². The molecule has 0 fully saturated rings. The first kappa shape index (κ1) is 20.6. The average molecular weight is 386 g/mol. The van der Waals surface area contributed by atoms with Crippen LogP contribution in [0.2, 0.25) is 0 Å². The van der Waals surface area contributed by atoms with E-state index in [0.29, 0.717) is 0 Å². The van der Waals surface area contributed by atoms with Crippen LogP contribution in [0.25, 0.3) is 0 Å². The summed E-state index contributed by atoms with van der Waals surface area (Å²) in [5.41, 5.74) is 1.79. The summed E-state index contributed by atoms with van der Waals surface area (Å²) in [5.74, 6) is -5.62. The summed E-state index contributed by atoms with van der Waals surface area (Å²) >= 11 is 0. The van der Waals surface area contributed by atoms with Crippen molar-refractivity contribution in [3.8, 4) is 0 Å². The van der Waals surface area contributed by atoms with Crippen LogP contribution in [0.5, 0.6) is 0 Å². The fourth-order valence-electron chi connectivity index (χ4n) is 2.23. The van der Waals surface area contributed by atoms with Crippen LogP contribution in [-0.4, -0.2) is 46.3 Å². The smallest absolute Gasteiger partial charge is 0.349 e. The van der Waals surface area contributed by atoms with Crippen molar-refractivity contribution in [2.24, 2.45) is 0 Å². The van der Waals surface area contributed by atoms with E-state index in [9.17, 15) is 29.4 Å². The van der Waals surface area contributed by atoms with E-state index in [0.717, 1.165) is 11.1 Å². The Kier molecular flexibility index (Phi) is 6.49. The van der Waals surface area contributed by atoms with Gasteiger partial charge in [0.1, 0.15) is 0 Å². The maximum Gasteiger partial charge on any atom is 0.349 e. The molecule has 0 aliphatic rings. The van der Waals surface area contributed by atoms with Crippen LogP contribution in [0.1, 0.15) is 31.8 Å². The van der Waals surface area contributed by atoms with E-state index in [1.807, 2.05) is 0 Å². The molecule has 1 unspecified atom stereocenters. The summed E-state index contributed by atoms with van der Waals surface area (Å²) in [5, 5.41) is 18.6. The van der Waals surface area contributed by atoms with Gasteiger partial charge in [0.15, 0.2) is 0 Å². The third kappa shape index (κ3) is 5.16.